The lowest BCUT2D eigenvalue weighted by Gasteiger charge is -2.34. The van der Waals surface area contributed by atoms with E-state index in [2.05, 4.69) is 0 Å². The van der Waals surface area contributed by atoms with E-state index in [1.807, 2.05) is 0 Å². The zero-order valence-electron chi connectivity index (χ0n) is 11.3. The first-order valence-corrected chi connectivity index (χ1v) is 6.57. The fraction of sp³-hybridized carbons (Fsp3) is 0.500. The van der Waals surface area contributed by atoms with Crippen LogP contribution in [0.15, 0.2) is 18.2 Å². The van der Waals surface area contributed by atoms with Gasteiger partial charge in [-0.15, -0.1) is 0 Å². The third-order valence-electron chi connectivity index (χ3n) is 3.42. The van der Waals surface area contributed by atoms with Gasteiger partial charge in [0.15, 0.2) is 0 Å². The van der Waals surface area contributed by atoms with Crippen molar-refractivity contribution in [1.82, 2.24) is 4.90 Å². The van der Waals surface area contributed by atoms with Gasteiger partial charge in [-0.1, -0.05) is 6.07 Å². The maximum atomic E-state index is 13.5. The molecular weight excluding hydrogens is 266 g/mol. The highest BCUT2D eigenvalue weighted by molar-refractivity contribution is 5.79. The molecule has 0 radical (unpaired) electrons. The zero-order chi connectivity index (χ0) is 14.7. The molecule has 1 fully saturated rings. The van der Waals surface area contributed by atoms with Crippen LogP contribution in [0.5, 0.6) is 0 Å². The van der Waals surface area contributed by atoms with Gasteiger partial charge in [-0.05, 0) is 19.1 Å². The van der Waals surface area contributed by atoms with Crippen molar-refractivity contribution in [1.29, 1.82) is 0 Å². The Kier molecular flexibility index (Phi) is 4.67. The molecule has 0 bridgehead atoms. The summed E-state index contributed by atoms with van der Waals surface area (Å²) >= 11 is 0. The second-order valence-corrected chi connectivity index (χ2v) is 4.99. The average Bonchev–Trinajstić information content (AvgIpc) is 2.43. The molecular formula is C14H18F2N2O2. The molecule has 2 unspecified atom stereocenters. The number of amides is 1. The van der Waals surface area contributed by atoms with E-state index in [-0.39, 0.29) is 30.0 Å². The number of nitrogens with two attached hydrogens (primary N) is 1. The van der Waals surface area contributed by atoms with Crippen LogP contribution in [-0.4, -0.2) is 42.6 Å². The first-order chi connectivity index (χ1) is 9.49. The molecule has 4 nitrogen and oxygen atoms in total. The molecule has 110 valence electrons. The monoisotopic (exact) mass is 284 g/mol. The summed E-state index contributed by atoms with van der Waals surface area (Å²) in [5, 5.41) is 0. The first kappa shape index (κ1) is 14.9. The van der Waals surface area contributed by atoms with E-state index in [1.54, 1.807) is 11.8 Å². The number of rotatable bonds is 3. The standard InChI is InChI=1S/C14H18F2N2O2/c1-9(17)13-8-18(5-6-20-13)14(19)7-10-11(15)3-2-4-12(10)16/h2-4,9,13H,5-8,17H2,1H3. The summed E-state index contributed by atoms with van der Waals surface area (Å²) in [5.41, 5.74) is 5.55. The molecule has 20 heavy (non-hydrogen) atoms. The van der Waals surface area contributed by atoms with E-state index >= 15 is 0 Å². The number of nitrogens with zero attached hydrogens (tertiary/aromatic N) is 1. The molecule has 1 aromatic rings. The lowest BCUT2D eigenvalue weighted by atomic mass is 10.1. The molecule has 1 aliphatic rings. The van der Waals surface area contributed by atoms with Crippen molar-refractivity contribution in [2.75, 3.05) is 19.7 Å². The van der Waals surface area contributed by atoms with Gasteiger partial charge >= 0.3 is 0 Å². The van der Waals surface area contributed by atoms with Crippen molar-refractivity contribution in [3.8, 4) is 0 Å². The minimum Gasteiger partial charge on any atom is -0.373 e. The molecule has 1 saturated heterocycles. The van der Waals surface area contributed by atoms with Gasteiger partial charge in [-0.25, -0.2) is 8.78 Å². The van der Waals surface area contributed by atoms with Crippen LogP contribution < -0.4 is 5.73 Å². The van der Waals surface area contributed by atoms with Crippen LogP contribution in [0.2, 0.25) is 0 Å². The smallest absolute Gasteiger partial charge is 0.227 e. The average molecular weight is 284 g/mol. The lowest BCUT2D eigenvalue weighted by molar-refractivity contribution is -0.138. The summed E-state index contributed by atoms with van der Waals surface area (Å²) in [4.78, 5) is 13.7. The van der Waals surface area contributed by atoms with Crippen molar-refractivity contribution >= 4 is 5.91 Å². The van der Waals surface area contributed by atoms with Gasteiger partial charge in [-0.3, -0.25) is 4.79 Å². The Hall–Kier alpha value is -1.53. The number of carbonyl (C=O) groups is 1. The molecule has 0 saturated carbocycles. The Balaban J connectivity index is 2.05. The predicted octanol–water partition coefficient (Wildman–Crippen LogP) is 1.08. The van der Waals surface area contributed by atoms with Crippen LogP contribution in [0.4, 0.5) is 8.78 Å². The highest BCUT2D eigenvalue weighted by Gasteiger charge is 2.27. The van der Waals surface area contributed by atoms with Crippen molar-refractivity contribution in [3.63, 3.8) is 0 Å². The van der Waals surface area contributed by atoms with Crippen LogP contribution in [-0.2, 0) is 16.0 Å². The van der Waals surface area contributed by atoms with Crippen molar-refractivity contribution < 1.29 is 18.3 Å². The van der Waals surface area contributed by atoms with Crippen molar-refractivity contribution in [3.05, 3.63) is 35.4 Å². The topological polar surface area (TPSA) is 55.6 Å². The lowest BCUT2D eigenvalue weighted by Crippen LogP contribution is -2.51. The fourth-order valence-corrected chi connectivity index (χ4v) is 2.18. The number of hydrogen-bond donors (Lipinski definition) is 1. The minimum atomic E-state index is -0.699. The highest BCUT2D eigenvalue weighted by atomic mass is 19.1. The minimum absolute atomic E-state index is 0.193. The van der Waals surface area contributed by atoms with Crippen LogP contribution in [0.1, 0.15) is 12.5 Å². The predicted molar refractivity (Wildman–Crippen MR) is 70.0 cm³/mol. The molecule has 1 amide bonds. The van der Waals surface area contributed by atoms with Gasteiger partial charge in [0.1, 0.15) is 11.6 Å². The number of ether oxygens (including phenoxy) is 1. The van der Waals surface area contributed by atoms with Gasteiger partial charge < -0.3 is 15.4 Å². The fourth-order valence-electron chi connectivity index (χ4n) is 2.18. The second kappa shape index (κ2) is 6.28. The van der Waals surface area contributed by atoms with Crippen molar-refractivity contribution in [2.24, 2.45) is 5.73 Å². The third-order valence-corrected chi connectivity index (χ3v) is 3.42. The van der Waals surface area contributed by atoms with Crippen LogP contribution >= 0.6 is 0 Å². The van der Waals surface area contributed by atoms with Gasteiger partial charge in [0.25, 0.3) is 0 Å². The summed E-state index contributed by atoms with van der Waals surface area (Å²) in [6, 6.07) is 3.38. The van der Waals surface area contributed by atoms with E-state index in [9.17, 15) is 13.6 Å². The van der Waals surface area contributed by atoms with Gasteiger partial charge in [0.2, 0.25) is 5.91 Å². The molecule has 1 aliphatic heterocycles. The number of hydrogen-bond acceptors (Lipinski definition) is 3. The normalized spacial score (nSPS) is 20.8. The molecule has 1 aromatic carbocycles. The Morgan fingerprint density at radius 3 is 2.75 bits per heavy atom. The van der Waals surface area contributed by atoms with Crippen LogP contribution in [0, 0.1) is 11.6 Å². The maximum absolute atomic E-state index is 13.5. The van der Waals surface area contributed by atoms with E-state index in [4.69, 9.17) is 10.5 Å². The van der Waals surface area contributed by atoms with Gasteiger partial charge in [0, 0.05) is 24.7 Å². The number of halogens is 2. The first-order valence-electron chi connectivity index (χ1n) is 6.57. The van der Waals surface area contributed by atoms with Gasteiger partial charge in [0.05, 0.1) is 19.1 Å². The Morgan fingerprint density at radius 2 is 2.15 bits per heavy atom. The Morgan fingerprint density at radius 1 is 1.50 bits per heavy atom. The molecule has 0 spiro atoms. The Bertz CT molecular complexity index is 474. The third kappa shape index (κ3) is 3.32. The molecule has 1 heterocycles. The molecule has 0 aromatic heterocycles. The highest BCUT2D eigenvalue weighted by Crippen LogP contribution is 2.15. The summed E-state index contributed by atoms with van der Waals surface area (Å²) in [7, 11) is 0. The SMILES string of the molecule is CC(N)C1CN(C(=O)Cc2c(F)cccc2F)CCO1. The number of carbonyl (C=O) groups excluding carboxylic acids is 1. The molecule has 0 aliphatic carbocycles. The number of morpholine rings is 1. The molecule has 2 atom stereocenters. The van der Waals surface area contributed by atoms with Crippen molar-refractivity contribution in [2.45, 2.75) is 25.5 Å². The summed E-state index contributed by atoms with van der Waals surface area (Å²) in [5.74, 6) is -1.71. The Labute approximate surface area is 116 Å². The molecule has 2 N–H and O–H groups in total. The van der Waals surface area contributed by atoms with Crippen LogP contribution in [0.3, 0.4) is 0 Å². The summed E-state index contributed by atoms with van der Waals surface area (Å²) in [6.45, 7) is 2.96. The second-order valence-electron chi connectivity index (χ2n) is 4.99. The van der Waals surface area contributed by atoms with E-state index in [0.29, 0.717) is 19.7 Å². The molecule has 2 rings (SSSR count). The summed E-state index contributed by atoms with van der Waals surface area (Å²) in [6.07, 6.45) is -0.525. The quantitative estimate of drug-likeness (QED) is 0.903. The number of benzene rings is 1. The zero-order valence-corrected chi connectivity index (χ0v) is 11.3. The van der Waals surface area contributed by atoms with E-state index in [1.165, 1.54) is 6.07 Å². The maximum Gasteiger partial charge on any atom is 0.227 e. The van der Waals surface area contributed by atoms with Crippen LogP contribution in [0.25, 0.3) is 0 Å². The van der Waals surface area contributed by atoms with E-state index in [0.717, 1.165) is 12.1 Å². The molecule has 6 heteroatoms. The largest absolute Gasteiger partial charge is 0.373 e. The van der Waals surface area contributed by atoms with E-state index < -0.39 is 11.6 Å². The van der Waals surface area contributed by atoms with Gasteiger partial charge in [-0.2, -0.15) is 0 Å². The summed E-state index contributed by atoms with van der Waals surface area (Å²) < 4.78 is 32.5.